The molecule has 1 rings (SSSR count). The van der Waals surface area contributed by atoms with Crippen molar-refractivity contribution in [2.75, 3.05) is 0 Å². The van der Waals surface area contributed by atoms with Crippen molar-refractivity contribution in [3.05, 3.63) is 47.5 Å². The lowest BCUT2D eigenvalue weighted by Crippen LogP contribution is -1.85. The minimum absolute atomic E-state index is 0.675. The highest BCUT2D eigenvalue weighted by Gasteiger charge is 1.94. The van der Waals surface area contributed by atoms with Gasteiger partial charge in [0.25, 0.3) is 0 Å². The van der Waals surface area contributed by atoms with Gasteiger partial charge in [0.2, 0.25) is 0 Å². The third-order valence-electron chi connectivity index (χ3n) is 2.87. The van der Waals surface area contributed by atoms with Crippen LogP contribution >= 0.6 is 0 Å². The number of allylic oxidation sites excluding steroid dienone is 2. The summed E-state index contributed by atoms with van der Waals surface area (Å²) < 4.78 is 0. The van der Waals surface area contributed by atoms with Gasteiger partial charge in [-0.05, 0) is 25.3 Å². The molecular weight excluding hydrogens is 232 g/mol. The van der Waals surface area contributed by atoms with Gasteiger partial charge in [-0.2, -0.15) is 0 Å². The van der Waals surface area contributed by atoms with Crippen LogP contribution in [0.4, 0.5) is 0 Å². The Balaban J connectivity index is 2.28. The van der Waals surface area contributed by atoms with Crippen LogP contribution < -0.4 is 0 Å². The van der Waals surface area contributed by atoms with Crippen molar-refractivity contribution in [1.29, 1.82) is 0 Å². The van der Waals surface area contributed by atoms with Crippen molar-refractivity contribution in [2.45, 2.75) is 45.4 Å². The lowest BCUT2D eigenvalue weighted by molar-refractivity contribution is 0.112. The molecule has 0 heterocycles. The Bertz CT molecular complexity index is 460. The van der Waals surface area contributed by atoms with Gasteiger partial charge in [-0.1, -0.05) is 62.0 Å². The molecule has 19 heavy (non-hydrogen) atoms. The topological polar surface area (TPSA) is 17.1 Å². The molecule has 0 fully saturated rings. The van der Waals surface area contributed by atoms with E-state index in [1.165, 1.54) is 19.3 Å². The maximum Gasteiger partial charge on any atom is 0.151 e. The summed E-state index contributed by atoms with van der Waals surface area (Å²) in [6.07, 6.45) is 12.1. The van der Waals surface area contributed by atoms with E-state index in [0.29, 0.717) is 5.56 Å². The summed E-state index contributed by atoms with van der Waals surface area (Å²) in [7, 11) is 0. The molecule has 1 heteroatoms. The highest BCUT2D eigenvalue weighted by Crippen LogP contribution is 2.04. The molecule has 0 atom stereocenters. The Labute approximate surface area is 116 Å². The van der Waals surface area contributed by atoms with Gasteiger partial charge in [-0.25, -0.2) is 0 Å². The van der Waals surface area contributed by atoms with Gasteiger partial charge >= 0.3 is 0 Å². The standard InChI is InChI=1S/C18H22O/c1-2-3-4-5-6-7-8-9-10-13-17-14-11-12-15-18(17)16-19/h5-6,11-12,14-16H,2-4,7-9H2,1H3/b6-5+. The molecule has 0 saturated carbocycles. The first-order chi connectivity index (χ1) is 9.38. The highest BCUT2D eigenvalue weighted by atomic mass is 16.1. The molecule has 0 radical (unpaired) electrons. The first kappa shape index (κ1) is 15.2. The molecule has 0 N–H and O–H groups in total. The van der Waals surface area contributed by atoms with E-state index in [4.69, 9.17) is 0 Å². The molecular formula is C18H22O. The average molecular weight is 254 g/mol. The predicted octanol–water partition coefficient (Wildman–Crippen LogP) is 4.77. The zero-order valence-corrected chi connectivity index (χ0v) is 11.7. The summed E-state index contributed by atoms with van der Waals surface area (Å²) in [5.74, 6) is 6.21. The molecule has 0 bridgehead atoms. The summed E-state index contributed by atoms with van der Waals surface area (Å²) in [5, 5.41) is 0. The minimum Gasteiger partial charge on any atom is -0.298 e. The first-order valence-corrected chi connectivity index (χ1v) is 7.06. The number of rotatable bonds is 7. The second-order valence-corrected chi connectivity index (χ2v) is 4.51. The van der Waals surface area contributed by atoms with Crippen LogP contribution in [0.1, 0.15) is 61.4 Å². The predicted molar refractivity (Wildman–Crippen MR) is 81.2 cm³/mol. The van der Waals surface area contributed by atoms with Crippen LogP contribution in [0, 0.1) is 11.8 Å². The molecule has 100 valence electrons. The molecule has 0 aliphatic carbocycles. The Hall–Kier alpha value is -1.81. The van der Waals surface area contributed by atoms with Crippen LogP contribution in [0.25, 0.3) is 0 Å². The molecule has 0 spiro atoms. The van der Waals surface area contributed by atoms with Crippen LogP contribution in [0.15, 0.2) is 36.4 Å². The fourth-order valence-corrected chi connectivity index (χ4v) is 1.74. The first-order valence-electron chi connectivity index (χ1n) is 7.06. The van der Waals surface area contributed by atoms with Crippen LogP contribution in [0.5, 0.6) is 0 Å². The number of hydrogen-bond donors (Lipinski definition) is 0. The zero-order valence-electron chi connectivity index (χ0n) is 11.7. The fourth-order valence-electron chi connectivity index (χ4n) is 1.74. The number of aldehydes is 1. The van der Waals surface area contributed by atoms with Crippen LogP contribution in [-0.4, -0.2) is 6.29 Å². The molecule has 1 aromatic rings. The normalized spacial score (nSPS) is 10.2. The van der Waals surface area contributed by atoms with E-state index in [1.807, 2.05) is 18.2 Å². The summed E-state index contributed by atoms with van der Waals surface area (Å²) in [5.41, 5.74) is 1.51. The zero-order chi connectivity index (χ0) is 13.8. The van der Waals surface area contributed by atoms with E-state index in [0.717, 1.165) is 31.1 Å². The molecule has 0 aliphatic heterocycles. The van der Waals surface area contributed by atoms with E-state index in [2.05, 4.69) is 30.9 Å². The molecule has 1 aromatic carbocycles. The van der Waals surface area contributed by atoms with Crippen molar-refractivity contribution in [3.8, 4) is 11.8 Å². The Kier molecular flexibility index (Phi) is 8.14. The van der Waals surface area contributed by atoms with E-state index in [9.17, 15) is 4.79 Å². The quantitative estimate of drug-likeness (QED) is 0.296. The Morgan fingerprint density at radius 3 is 2.58 bits per heavy atom. The fraction of sp³-hybridized carbons (Fsp3) is 0.389. The van der Waals surface area contributed by atoms with E-state index in [1.54, 1.807) is 6.07 Å². The van der Waals surface area contributed by atoms with Gasteiger partial charge < -0.3 is 0 Å². The lowest BCUT2D eigenvalue weighted by Gasteiger charge is -1.94. The number of carbonyl (C=O) groups excluding carboxylic acids is 1. The van der Waals surface area contributed by atoms with Gasteiger partial charge in [0.1, 0.15) is 0 Å². The highest BCUT2D eigenvalue weighted by molar-refractivity contribution is 5.79. The third-order valence-corrected chi connectivity index (χ3v) is 2.87. The second-order valence-electron chi connectivity index (χ2n) is 4.51. The minimum atomic E-state index is 0.675. The Morgan fingerprint density at radius 1 is 1.11 bits per heavy atom. The monoisotopic (exact) mass is 254 g/mol. The third kappa shape index (κ3) is 6.62. The molecule has 0 saturated heterocycles. The van der Waals surface area contributed by atoms with Crippen molar-refractivity contribution >= 4 is 6.29 Å². The van der Waals surface area contributed by atoms with Crippen molar-refractivity contribution in [2.24, 2.45) is 0 Å². The van der Waals surface area contributed by atoms with Gasteiger partial charge in [0.15, 0.2) is 6.29 Å². The maximum atomic E-state index is 10.8. The molecule has 0 aliphatic rings. The van der Waals surface area contributed by atoms with Crippen LogP contribution in [0.2, 0.25) is 0 Å². The SMILES string of the molecule is CCCC/C=C/CCCC#Cc1ccccc1C=O. The number of unbranched alkanes of at least 4 members (excludes halogenated alkanes) is 4. The summed E-state index contributed by atoms with van der Waals surface area (Å²) in [6, 6.07) is 7.46. The molecule has 0 unspecified atom stereocenters. The number of carbonyl (C=O) groups is 1. The van der Waals surface area contributed by atoms with E-state index >= 15 is 0 Å². The summed E-state index contributed by atoms with van der Waals surface area (Å²) in [6.45, 7) is 2.21. The van der Waals surface area contributed by atoms with Gasteiger partial charge in [-0.3, -0.25) is 4.79 Å². The lowest BCUT2D eigenvalue weighted by atomic mass is 10.1. The molecule has 0 aromatic heterocycles. The summed E-state index contributed by atoms with van der Waals surface area (Å²) in [4.78, 5) is 10.8. The van der Waals surface area contributed by atoms with E-state index in [-0.39, 0.29) is 0 Å². The van der Waals surface area contributed by atoms with Crippen LogP contribution in [0.3, 0.4) is 0 Å². The van der Waals surface area contributed by atoms with Gasteiger partial charge in [-0.15, -0.1) is 0 Å². The van der Waals surface area contributed by atoms with Gasteiger partial charge in [0.05, 0.1) is 0 Å². The molecule has 0 amide bonds. The maximum absolute atomic E-state index is 10.8. The van der Waals surface area contributed by atoms with Crippen LogP contribution in [-0.2, 0) is 0 Å². The second kappa shape index (κ2) is 10.1. The van der Waals surface area contributed by atoms with Crippen molar-refractivity contribution < 1.29 is 4.79 Å². The van der Waals surface area contributed by atoms with Gasteiger partial charge in [0, 0.05) is 17.5 Å². The molecule has 1 nitrogen and oxygen atoms in total. The summed E-state index contributed by atoms with van der Waals surface area (Å²) >= 11 is 0. The largest absolute Gasteiger partial charge is 0.298 e. The average Bonchev–Trinajstić information content (AvgIpc) is 2.46. The van der Waals surface area contributed by atoms with Crippen molar-refractivity contribution in [1.82, 2.24) is 0 Å². The smallest absolute Gasteiger partial charge is 0.151 e. The number of hydrogen-bond acceptors (Lipinski definition) is 1. The Morgan fingerprint density at radius 2 is 1.84 bits per heavy atom. The van der Waals surface area contributed by atoms with Crippen molar-refractivity contribution in [3.63, 3.8) is 0 Å². The number of benzene rings is 1. The van der Waals surface area contributed by atoms with E-state index < -0.39 is 0 Å².